The number of rotatable bonds is 6. The van der Waals surface area contributed by atoms with E-state index in [1.54, 1.807) is 0 Å². The zero-order valence-electron chi connectivity index (χ0n) is 12.9. The van der Waals surface area contributed by atoms with Crippen LogP contribution in [0.25, 0.3) is 0 Å². The van der Waals surface area contributed by atoms with Crippen LogP contribution in [0.1, 0.15) is 29.4 Å². The predicted molar refractivity (Wildman–Crippen MR) is 83.7 cm³/mol. The number of aryl methyl sites for hydroxylation is 2. The molecule has 0 saturated heterocycles. The molecule has 0 fully saturated rings. The maximum absolute atomic E-state index is 8.77. The zero-order chi connectivity index (χ0) is 15.2. The van der Waals surface area contributed by atoms with Gasteiger partial charge >= 0.3 is 0 Å². The standard InChI is InChI=1S/C17H22N4/c1-13(12-21-15(3)8-14(2)20-21)10-19-11-17-6-4-16(9-18)5-7-17/h4-8,13,19H,10-12H2,1-3H3/t13-/m0/s1. The number of nitrogens with one attached hydrogen (secondary N) is 1. The quantitative estimate of drug-likeness (QED) is 0.886. The van der Waals surface area contributed by atoms with Gasteiger partial charge in [-0.05, 0) is 50.1 Å². The van der Waals surface area contributed by atoms with E-state index in [-0.39, 0.29) is 0 Å². The molecule has 0 radical (unpaired) electrons. The van der Waals surface area contributed by atoms with Crippen molar-refractivity contribution in [2.24, 2.45) is 5.92 Å². The molecule has 0 aliphatic heterocycles. The van der Waals surface area contributed by atoms with E-state index >= 15 is 0 Å². The van der Waals surface area contributed by atoms with Gasteiger partial charge in [0, 0.05) is 18.8 Å². The molecule has 4 nitrogen and oxygen atoms in total. The molecular weight excluding hydrogens is 260 g/mol. The molecule has 1 atom stereocenters. The van der Waals surface area contributed by atoms with Crippen LogP contribution < -0.4 is 5.32 Å². The Morgan fingerprint density at radius 2 is 2.00 bits per heavy atom. The van der Waals surface area contributed by atoms with Gasteiger partial charge in [-0.25, -0.2) is 0 Å². The van der Waals surface area contributed by atoms with Crippen molar-refractivity contribution in [3.63, 3.8) is 0 Å². The number of nitriles is 1. The molecule has 21 heavy (non-hydrogen) atoms. The predicted octanol–water partition coefficient (Wildman–Crippen LogP) is 2.80. The summed E-state index contributed by atoms with van der Waals surface area (Å²) in [6.07, 6.45) is 0. The third-order valence-corrected chi connectivity index (χ3v) is 3.49. The Morgan fingerprint density at radius 1 is 1.29 bits per heavy atom. The first kappa shape index (κ1) is 15.3. The smallest absolute Gasteiger partial charge is 0.0991 e. The minimum absolute atomic E-state index is 0.515. The normalized spacial score (nSPS) is 12.1. The fourth-order valence-corrected chi connectivity index (χ4v) is 2.38. The van der Waals surface area contributed by atoms with Gasteiger partial charge in [0.25, 0.3) is 0 Å². The second kappa shape index (κ2) is 7.05. The highest BCUT2D eigenvalue weighted by atomic mass is 15.3. The van der Waals surface area contributed by atoms with Crippen LogP contribution >= 0.6 is 0 Å². The number of hydrogen-bond donors (Lipinski definition) is 1. The lowest BCUT2D eigenvalue weighted by molar-refractivity contribution is 0.416. The largest absolute Gasteiger partial charge is 0.312 e. The highest BCUT2D eigenvalue weighted by molar-refractivity contribution is 5.31. The number of nitrogens with zero attached hydrogens (tertiary/aromatic N) is 3. The van der Waals surface area contributed by atoms with Gasteiger partial charge in [-0.2, -0.15) is 10.4 Å². The van der Waals surface area contributed by atoms with Gasteiger partial charge in [0.1, 0.15) is 0 Å². The van der Waals surface area contributed by atoms with Crippen molar-refractivity contribution in [1.29, 1.82) is 5.26 Å². The fraction of sp³-hybridized carbons (Fsp3) is 0.412. The second-order valence-corrected chi connectivity index (χ2v) is 5.65. The van der Waals surface area contributed by atoms with Gasteiger partial charge in [0.05, 0.1) is 17.3 Å². The van der Waals surface area contributed by atoms with Crippen molar-refractivity contribution >= 4 is 0 Å². The second-order valence-electron chi connectivity index (χ2n) is 5.65. The minimum Gasteiger partial charge on any atom is -0.312 e. The van der Waals surface area contributed by atoms with Crippen LogP contribution in [0.15, 0.2) is 30.3 Å². The van der Waals surface area contributed by atoms with Crippen LogP contribution in [0.3, 0.4) is 0 Å². The number of benzene rings is 1. The summed E-state index contributed by atoms with van der Waals surface area (Å²) in [5.41, 5.74) is 4.20. The molecule has 2 rings (SSSR count). The maximum Gasteiger partial charge on any atom is 0.0991 e. The molecule has 1 aromatic carbocycles. The average Bonchev–Trinajstić information content (AvgIpc) is 2.77. The third-order valence-electron chi connectivity index (χ3n) is 3.49. The van der Waals surface area contributed by atoms with Gasteiger partial charge in [0.15, 0.2) is 0 Å². The molecule has 4 heteroatoms. The summed E-state index contributed by atoms with van der Waals surface area (Å²) in [5, 5.41) is 16.7. The Labute approximate surface area is 126 Å². The van der Waals surface area contributed by atoms with Crippen LogP contribution in [-0.2, 0) is 13.1 Å². The zero-order valence-corrected chi connectivity index (χ0v) is 12.9. The van der Waals surface area contributed by atoms with E-state index in [0.717, 1.165) is 25.3 Å². The molecule has 110 valence electrons. The summed E-state index contributed by atoms with van der Waals surface area (Å²) >= 11 is 0. The average molecular weight is 282 g/mol. The summed E-state index contributed by atoms with van der Waals surface area (Å²) in [7, 11) is 0. The van der Waals surface area contributed by atoms with Crippen LogP contribution in [-0.4, -0.2) is 16.3 Å². The summed E-state index contributed by atoms with van der Waals surface area (Å²) in [6.45, 7) is 9.04. The Bertz CT molecular complexity index is 619. The molecule has 0 aliphatic rings. The van der Waals surface area contributed by atoms with Gasteiger partial charge in [-0.1, -0.05) is 19.1 Å². The van der Waals surface area contributed by atoms with E-state index in [4.69, 9.17) is 5.26 Å². The lowest BCUT2D eigenvalue weighted by Crippen LogP contribution is -2.24. The summed E-state index contributed by atoms with van der Waals surface area (Å²) < 4.78 is 2.07. The number of hydrogen-bond acceptors (Lipinski definition) is 3. The molecule has 1 heterocycles. The van der Waals surface area contributed by atoms with Gasteiger partial charge in [0.2, 0.25) is 0 Å². The molecule has 2 aromatic rings. The number of aromatic nitrogens is 2. The van der Waals surface area contributed by atoms with Crippen molar-refractivity contribution in [2.75, 3.05) is 6.54 Å². The molecule has 1 aromatic heterocycles. The monoisotopic (exact) mass is 282 g/mol. The Hall–Kier alpha value is -2.12. The molecular formula is C17H22N4. The molecule has 0 unspecified atom stereocenters. The molecule has 0 spiro atoms. The van der Waals surface area contributed by atoms with E-state index in [2.05, 4.69) is 41.1 Å². The van der Waals surface area contributed by atoms with E-state index in [1.807, 2.05) is 31.2 Å². The van der Waals surface area contributed by atoms with Crippen molar-refractivity contribution in [1.82, 2.24) is 15.1 Å². The Morgan fingerprint density at radius 3 is 2.57 bits per heavy atom. The van der Waals surface area contributed by atoms with Crippen molar-refractivity contribution in [3.8, 4) is 6.07 Å². The first-order valence-corrected chi connectivity index (χ1v) is 7.29. The molecule has 1 N–H and O–H groups in total. The van der Waals surface area contributed by atoms with Crippen molar-refractivity contribution in [2.45, 2.75) is 33.9 Å². The minimum atomic E-state index is 0.515. The summed E-state index contributed by atoms with van der Waals surface area (Å²) in [5.74, 6) is 0.515. The molecule has 0 bridgehead atoms. The summed E-state index contributed by atoms with van der Waals surface area (Å²) in [6, 6.07) is 12.0. The molecule has 0 amide bonds. The summed E-state index contributed by atoms with van der Waals surface area (Å²) in [4.78, 5) is 0. The van der Waals surface area contributed by atoms with Gasteiger partial charge in [-0.3, -0.25) is 4.68 Å². The van der Waals surface area contributed by atoms with E-state index in [1.165, 1.54) is 11.3 Å². The third kappa shape index (κ3) is 4.44. The van der Waals surface area contributed by atoms with Gasteiger partial charge < -0.3 is 5.32 Å². The Kier molecular flexibility index (Phi) is 5.13. The highest BCUT2D eigenvalue weighted by Gasteiger charge is 2.06. The Balaban J connectivity index is 1.77. The first-order chi connectivity index (χ1) is 10.1. The van der Waals surface area contributed by atoms with Crippen LogP contribution in [0, 0.1) is 31.1 Å². The fourth-order valence-electron chi connectivity index (χ4n) is 2.38. The van der Waals surface area contributed by atoms with E-state index in [9.17, 15) is 0 Å². The molecule has 0 aliphatic carbocycles. The highest BCUT2D eigenvalue weighted by Crippen LogP contribution is 2.07. The maximum atomic E-state index is 8.77. The molecule has 0 saturated carbocycles. The lowest BCUT2D eigenvalue weighted by atomic mass is 10.1. The lowest BCUT2D eigenvalue weighted by Gasteiger charge is -2.14. The van der Waals surface area contributed by atoms with Crippen LogP contribution in [0.2, 0.25) is 0 Å². The first-order valence-electron chi connectivity index (χ1n) is 7.29. The van der Waals surface area contributed by atoms with Crippen LogP contribution in [0.4, 0.5) is 0 Å². The topological polar surface area (TPSA) is 53.6 Å². The van der Waals surface area contributed by atoms with E-state index in [0.29, 0.717) is 11.5 Å². The van der Waals surface area contributed by atoms with E-state index < -0.39 is 0 Å². The van der Waals surface area contributed by atoms with Gasteiger partial charge in [-0.15, -0.1) is 0 Å². The SMILES string of the molecule is Cc1cc(C)n(C[C@@H](C)CNCc2ccc(C#N)cc2)n1. The van der Waals surface area contributed by atoms with Crippen molar-refractivity contribution < 1.29 is 0 Å². The van der Waals surface area contributed by atoms with Crippen LogP contribution in [0.5, 0.6) is 0 Å². The van der Waals surface area contributed by atoms with Crippen molar-refractivity contribution in [3.05, 3.63) is 52.8 Å².